The minimum Gasteiger partial charge on any atom is -0.375 e. The summed E-state index contributed by atoms with van der Waals surface area (Å²) < 4.78 is 0.954. The number of benzene rings is 3. The maximum Gasteiger partial charge on any atom is 0.251 e. The number of piperidine rings is 1. The lowest BCUT2D eigenvalue weighted by Gasteiger charge is -2.44. The van der Waals surface area contributed by atoms with Gasteiger partial charge in [-0.3, -0.25) is 9.69 Å². The molecule has 36 heavy (non-hydrogen) atoms. The average Bonchev–Trinajstić information content (AvgIpc) is 3.29. The van der Waals surface area contributed by atoms with Crippen LogP contribution in [-0.4, -0.2) is 40.5 Å². The summed E-state index contributed by atoms with van der Waals surface area (Å²) in [5.41, 5.74) is 8.36. The predicted octanol–water partition coefficient (Wildman–Crippen LogP) is 4.80. The number of carbonyl (C=O) groups excluding carboxylic acids is 1. The Labute approximate surface area is 215 Å². The molecule has 186 valence electrons. The van der Waals surface area contributed by atoms with Gasteiger partial charge in [0.25, 0.3) is 5.91 Å². The smallest absolute Gasteiger partial charge is 0.251 e. The lowest BCUT2D eigenvalue weighted by atomic mass is 9.87. The van der Waals surface area contributed by atoms with E-state index in [1.165, 1.54) is 16.9 Å². The van der Waals surface area contributed by atoms with Gasteiger partial charge in [0.15, 0.2) is 5.13 Å². The van der Waals surface area contributed by atoms with E-state index in [1.54, 1.807) is 12.1 Å². The number of nitrogens with two attached hydrogens (primary N) is 1. The molecule has 1 unspecified atom stereocenters. The summed E-state index contributed by atoms with van der Waals surface area (Å²) in [6.07, 6.45) is 3.48. The molecule has 1 amide bonds. The second kappa shape index (κ2) is 10.8. The van der Waals surface area contributed by atoms with E-state index in [9.17, 15) is 9.90 Å². The molecule has 7 heteroatoms. The van der Waals surface area contributed by atoms with E-state index in [4.69, 9.17) is 5.73 Å². The number of nitrogen functional groups attached to an aromatic ring is 1. The van der Waals surface area contributed by atoms with Gasteiger partial charge in [-0.15, -0.1) is 0 Å². The van der Waals surface area contributed by atoms with Gasteiger partial charge < -0.3 is 16.2 Å². The maximum atomic E-state index is 12.6. The van der Waals surface area contributed by atoms with Crippen LogP contribution >= 0.6 is 11.3 Å². The van der Waals surface area contributed by atoms with Crippen LogP contribution in [0.2, 0.25) is 0 Å². The SMILES string of the molecule is Nc1nc2ccc(C(O)(CCNC(=O)c3ccccc3)N3CCC(Cc4ccccc4)CC3)cc2s1. The standard InChI is InChI=1S/C29H32N4O2S/c30-28-32-25-12-11-24(20-26(25)36-28)29(35,15-16-31-27(34)23-9-5-2-6-10-23)33-17-13-22(14-18-33)19-21-7-3-1-4-8-21/h1-12,20,22,35H,13-19H2,(H2,30,32)(H,31,34). The van der Waals surface area contributed by atoms with E-state index >= 15 is 0 Å². The van der Waals surface area contributed by atoms with Crippen LogP contribution in [0.1, 0.15) is 40.7 Å². The van der Waals surface area contributed by atoms with Crippen molar-refractivity contribution in [2.75, 3.05) is 25.4 Å². The van der Waals surface area contributed by atoms with Crippen LogP contribution in [-0.2, 0) is 12.1 Å². The molecule has 0 aliphatic carbocycles. The van der Waals surface area contributed by atoms with Gasteiger partial charge >= 0.3 is 0 Å². The first-order chi connectivity index (χ1) is 17.5. The number of nitrogens with zero attached hydrogens (tertiary/aromatic N) is 2. The molecule has 0 saturated carbocycles. The summed E-state index contributed by atoms with van der Waals surface area (Å²) in [7, 11) is 0. The molecule has 1 fully saturated rings. The number of fused-ring (bicyclic) bond motifs is 1. The molecule has 0 spiro atoms. The summed E-state index contributed by atoms with van der Waals surface area (Å²) in [4.78, 5) is 19.1. The molecule has 2 heterocycles. The summed E-state index contributed by atoms with van der Waals surface area (Å²) in [5.74, 6) is 0.458. The lowest BCUT2D eigenvalue weighted by Crippen LogP contribution is -2.51. The van der Waals surface area contributed by atoms with E-state index in [2.05, 4.69) is 45.5 Å². The minimum absolute atomic E-state index is 0.134. The fourth-order valence-electron chi connectivity index (χ4n) is 5.17. The van der Waals surface area contributed by atoms with Gasteiger partial charge in [-0.2, -0.15) is 0 Å². The Morgan fingerprint density at radius 3 is 2.47 bits per heavy atom. The zero-order valence-corrected chi connectivity index (χ0v) is 21.1. The van der Waals surface area contributed by atoms with E-state index in [0.29, 0.717) is 29.6 Å². The topological polar surface area (TPSA) is 91.5 Å². The number of aliphatic hydroxyl groups is 1. The molecule has 3 aromatic carbocycles. The van der Waals surface area contributed by atoms with E-state index in [1.807, 2.05) is 36.4 Å². The van der Waals surface area contributed by atoms with Gasteiger partial charge in [0.05, 0.1) is 10.2 Å². The minimum atomic E-state index is -1.20. The van der Waals surface area contributed by atoms with E-state index in [-0.39, 0.29) is 5.91 Å². The third-order valence-corrected chi connectivity index (χ3v) is 8.01. The van der Waals surface area contributed by atoms with Crippen LogP contribution in [0.15, 0.2) is 78.9 Å². The van der Waals surface area contributed by atoms with Crippen molar-refractivity contribution in [3.05, 3.63) is 95.6 Å². The molecule has 1 aliphatic heterocycles. The Balaban J connectivity index is 1.32. The highest BCUT2D eigenvalue weighted by atomic mass is 32.1. The number of thiazole rings is 1. The second-order valence-electron chi connectivity index (χ2n) is 9.54. The van der Waals surface area contributed by atoms with Crippen molar-refractivity contribution in [2.45, 2.75) is 31.4 Å². The molecule has 1 atom stereocenters. The van der Waals surface area contributed by atoms with Crippen molar-refractivity contribution in [1.29, 1.82) is 0 Å². The largest absolute Gasteiger partial charge is 0.375 e. The third kappa shape index (κ3) is 5.43. The van der Waals surface area contributed by atoms with Gasteiger partial charge in [0.2, 0.25) is 0 Å². The molecule has 5 rings (SSSR count). The molecule has 0 radical (unpaired) electrons. The Morgan fingerprint density at radius 2 is 1.75 bits per heavy atom. The maximum absolute atomic E-state index is 12.6. The highest BCUT2D eigenvalue weighted by molar-refractivity contribution is 7.22. The molecule has 6 nitrogen and oxygen atoms in total. The monoisotopic (exact) mass is 500 g/mol. The molecule has 1 aliphatic rings. The zero-order valence-electron chi connectivity index (χ0n) is 20.3. The van der Waals surface area contributed by atoms with Crippen LogP contribution in [0, 0.1) is 5.92 Å². The van der Waals surface area contributed by atoms with Crippen molar-refractivity contribution >= 4 is 32.6 Å². The number of likely N-dealkylation sites (tertiary alicyclic amines) is 1. The Kier molecular flexibility index (Phi) is 7.32. The first-order valence-corrected chi connectivity index (χ1v) is 13.3. The van der Waals surface area contributed by atoms with Crippen LogP contribution in [0.4, 0.5) is 5.13 Å². The first kappa shape index (κ1) is 24.4. The molecular formula is C29H32N4O2S. The van der Waals surface area contributed by atoms with Gasteiger partial charge in [-0.1, -0.05) is 65.9 Å². The van der Waals surface area contributed by atoms with Crippen LogP contribution in [0.3, 0.4) is 0 Å². The van der Waals surface area contributed by atoms with Crippen LogP contribution in [0.5, 0.6) is 0 Å². The van der Waals surface area contributed by atoms with Gasteiger partial charge in [0.1, 0.15) is 5.72 Å². The predicted molar refractivity (Wildman–Crippen MR) is 146 cm³/mol. The summed E-state index contributed by atoms with van der Waals surface area (Å²) in [6.45, 7) is 1.95. The fraction of sp³-hybridized carbons (Fsp3) is 0.310. The highest BCUT2D eigenvalue weighted by Crippen LogP contribution is 2.36. The third-order valence-electron chi connectivity index (χ3n) is 7.17. The molecule has 1 aromatic heterocycles. The molecular weight excluding hydrogens is 468 g/mol. The molecule has 1 saturated heterocycles. The Bertz CT molecular complexity index is 1300. The summed E-state index contributed by atoms with van der Waals surface area (Å²) in [6, 6.07) is 25.6. The first-order valence-electron chi connectivity index (χ1n) is 12.5. The molecule has 4 aromatic rings. The summed E-state index contributed by atoms with van der Waals surface area (Å²) >= 11 is 1.42. The highest BCUT2D eigenvalue weighted by Gasteiger charge is 2.38. The zero-order chi connectivity index (χ0) is 25.0. The van der Waals surface area contributed by atoms with Crippen molar-refractivity contribution in [3.8, 4) is 0 Å². The van der Waals surface area contributed by atoms with Crippen LogP contribution in [0.25, 0.3) is 10.2 Å². The number of amides is 1. The lowest BCUT2D eigenvalue weighted by molar-refractivity contribution is -0.133. The van der Waals surface area contributed by atoms with Crippen molar-refractivity contribution in [3.63, 3.8) is 0 Å². The van der Waals surface area contributed by atoms with Gasteiger partial charge in [0, 0.05) is 37.2 Å². The number of aromatic nitrogens is 1. The average molecular weight is 501 g/mol. The van der Waals surface area contributed by atoms with Crippen molar-refractivity contribution < 1.29 is 9.90 Å². The normalized spacial score (nSPS) is 16.6. The number of rotatable bonds is 8. The number of carbonyl (C=O) groups is 1. The Hall–Kier alpha value is -3.26. The van der Waals surface area contributed by atoms with Gasteiger partial charge in [-0.05, 0) is 55.0 Å². The number of nitrogens with one attached hydrogen (secondary N) is 1. The second-order valence-corrected chi connectivity index (χ2v) is 10.6. The van der Waals surface area contributed by atoms with E-state index in [0.717, 1.165) is 48.1 Å². The van der Waals surface area contributed by atoms with Crippen molar-refractivity contribution in [2.24, 2.45) is 5.92 Å². The van der Waals surface area contributed by atoms with Gasteiger partial charge in [-0.25, -0.2) is 4.98 Å². The summed E-state index contributed by atoms with van der Waals surface area (Å²) in [5, 5.41) is 15.7. The number of hydrogen-bond acceptors (Lipinski definition) is 6. The van der Waals surface area contributed by atoms with E-state index < -0.39 is 5.72 Å². The fourth-order valence-corrected chi connectivity index (χ4v) is 5.95. The quantitative estimate of drug-likeness (QED) is 0.323. The van der Waals surface area contributed by atoms with Crippen molar-refractivity contribution in [1.82, 2.24) is 15.2 Å². The number of hydrogen-bond donors (Lipinski definition) is 3. The molecule has 0 bridgehead atoms. The van der Waals surface area contributed by atoms with Crippen LogP contribution < -0.4 is 11.1 Å². The Morgan fingerprint density at radius 1 is 1.06 bits per heavy atom. The molecule has 4 N–H and O–H groups in total. The number of anilines is 1.